The number of nitrogens with zero attached hydrogens (tertiary/aromatic N) is 1. The first-order valence-corrected chi connectivity index (χ1v) is 8.24. The highest BCUT2D eigenvalue weighted by Crippen LogP contribution is 2.17. The van der Waals surface area contributed by atoms with Crippen LogP contribution in [0.5, 0.6) is 0 Å². The molecule has 126 valence electrons. The zero-order chi connectivity index (χ0) is 17.6. The fraction of sp³-hybridized carbons (Fsp3) is 0.412. The van der Waals surface area contributed by atoms with Crippen molar-refractivity contribution in [2.75, 3.05) is 13.7 Å². The standard InChI is InChI=1S/C17H22INO4/c1-12(15(20)22-5)19(16(21)23-17(2,3)4)11-10-13-8-6-7-9-14(13)18/h6-9H,1,10-11H2,2-5H3. The minimum Gasteiger partial charge on any atom is -0.464 e. The average Bonchev–Trinajstić information content (AvgIpc) is 2.46. The fourth-order valence-electron chi connectivity index (χ4n) is 1.81. The summed E-state index contributed by atoms with van der Waals surface area (Å²) in [4.78, 5) is 25.3. The predicted molar refractivity (Wildman–Crippen MR) is 97.0 cm³/mol. The van der Waals surface area contributed by atoms with Crippen LogP contribution in [0.2, 0.25) is 0 Å². The van der Waals surface area contributed by atoms with Crippen molar-refractivity contribution in [1.29, 1.82) is 0 Å². The maximum atomic E-state index is 12.4. The summed E-state index contributed by atoms with van der Waals surface area (Å²) in [7, 11) is 1.25. The normalized spacial score (nSPS) is 10.8. The molecule has 0 saturated carbocycles. The van der Waals surface area contributed by atoms with E-state index in [4.69, 9.17) is 4.74 Å². The van der Waals surface area contributed by atoms with Crippen LogP contribution in [0, 0.1) is 3.57 Å². The van der Waals surface area contributed by atoms with Gasteiger partial charge >= 0.3 is 12.1 Å². The minimum absolute atomic E-state index is 0.0345. The Bertz CT molecular complexity index is 593. The number of hydrogen-bond donors (Lipinski definition) is 0. The molecule has 1 aromatic rings. The van der Waals surface area contributed by atoms with Crippen molar-refractivity contribution in [3.8, 4) is 0 Å². The van der Waals surface area contributed by atoms with Crippen LogP contribution in [0.25, 0.3) is 0 Å². The van der Waals surface area contributed by atoms with Crippen LogP contribution in [0.1, 0.15) is 26.3 Å². The lowest BCUT2D eigenvalue weighted by molar-refractivity contribution is -0.137. The van der Waals surface area contributed by atoms with Gasteiger partial charge in [0.25, 0.3) is 0 Å². The molecule has 0 radical (unpaired) electrons. The van der Waals surface area contributed by atoms with Gasteiger partial charge in [0.2, 0.25) is 0 Å². The zero-order valence-corrected chi connectivity index (χ0v) is 16.0. The highest BCUT2D eigenvalue weighted by molar-refractivity contribution is 14.1. The number of halogens is 1. The minimum atomic E-state index is -0.660. The van der Waals surface area contributed by atoms with Crippen LogP contribution in [-0.4, -0.2) is 36.2 Å². The van der Waals surface area contributed by atoms with Gasteiger partial charge in [0.05, 0.1) is 7.11 Å². The second-order valence-electron chi connectivity index (χ2n) is 5.91. The molecule has 0 aromatic heterocycles. The van der Waals surface area contributed by atoms with E-state index >= 15 is 0 Å². The van der Waals surface area contributed by atoms with Crippen molar-refractivity contribution in [1.82, 2.24) is 4.90 Å². The Hall–Kier alpha value is -1.57. The summed E-state index contributed by atoms with van der Waals surface area (Å²) in [5.74, 6) is -0.654. The highest BCUT2D eigenvalue weighted by Gasteiger charge is 2.27. The van der Waals surface area contributed by atoms with E-state index in [-0.39, 0.29) is 12.2 Å². The Kier molecular flexibility index (Phi) is 7.05. The van der Waals surface area contributed by atoms with Crippen molar-refractivity contribution >= 4 is 34.7 Å². The van der Waals surface area contributed by atoms with Gasteiger partial charge in [-0.2, -0.15) is 0 Å². The van der Waals surface area contributed by atoms with Gasteiger partial charge in [0.1, 0.15) is 11.3 Å². The van der Waals surface area contributed by atoms with Gasteiger partial charge in [0, 0.05) is 10.1 Å². The van der Waals surface area contributed by atoms with Crippen molar-refractivity contribution in [2.24, 2.45) is 0 Å². The highest BCUT2D eigenvalue weighted by atomic mass is 127. The van der Waals surface area contributed by atoms with E-state index in [1.807, 2.05) is 24.3 Å². The first-order valence-electron chi connectivity index (χ1n) is 7.17. The van der Waals surface area contributed by atoms with E-state index in [2.05, 4.69) is 33.9 Å². The average molecular weight is 431 g/mol. The number of hydrogen-bond acceptors (Lipinski definition) is 4. The molecule has 0 unspecified atom stereocenters. The molecular formula is C17H22INO4. The molecule has 0 aliphatic carbocycles. The maximum Gasteiger partial charge on any atom is 0.415 e. The van der Waals surface area contributed by atoms with Gasteiger partial charge in [-0.15, -0.1) is 0 Å². The van der Waals surface area contributed by atoms with Crippen LogP contribution in [0.15, 0.2) is 36.5 Å². The molecule has 0 saturated heterocycles. The Labute approximate surface area is 150 Å². The van der Waals surface area contributed by atoms with E-state index in [0.29, 0.717) is 6.42 Å². The van der Waals surface area contributed by atoms with Crippen LogP contribution in [-0.2, 0) is 20.7 Å². The summed E-state index contributed by atoms with van der Waals surface area (Å²) in [5.41, 5.74) is 0.388. The first-order chi connectivity index (χ1) is 10.7. The van der Waals surface area contributed by atoms with E-state index in [1.54, 1.807) is 20.8 Å². The number of ether oxygens (including phenoxy) is 2. The van der Waals surface area contributed by atoms with E-state index in [1.165, 1.54) is 12.0 Å². The molecule has 1 rings (SSSR count). The molecule has 0 fully saturated rings. The number of benzene rings is 1. The first kappa shape index (κ1) is 19.5. The van der Waals surface area contributed by atoms with Gasteiger partial charge < -0.3 is 9.47 Å². The quantitative estimate of drug-likeness (QED) is 0.405. The van der Waals surface area contributed by atoms with Crippen molar-refractivity contribution in [3.63, 3.8) is 0 Å². The topological polar surface area (TPSA) is 55.8 Å². The molecule has 0 atom stereocenters. The predicted octanol–water partition coefficient (Wildman–Crippen LogP) is 3.76. The van der Waals surface area contributed by atoms with E-state index < -0.39 is 17.7 Å². The molecule has 0 spiro atoms. The van der Waals surface area contributed by atoms with Crippen LogP contribution >= 0.6 is 22.6 Å². The lowest BCUT2D eigenvalue weighted by Crippen LogP contribution is -2.39. The Morgan fingerprint density at radius 1 is 1.26 bits per heavy atom. The molecule has 6 heteroatoms. The molecule has 0 heterocycles. The van der Waals surface area contributed by atoms with Gasteiger partial charge in [-0.05, 0) is 61.4 Å². The molecule has 0 bridgehead atoms. The smallest absolute Gasteiger partial charge is 0.415 e. The Morgan fingerprint density at radius 3 is 2.39 bits per heavy atom. The molecule has 1 aromatic carbocycles. The van der Waals surface area contributed by atoms with Crippen LogP contribution in [0.4, 0.5) is 4.79 Å². The van der Waals surface area contributed by atoms with Gasteiger partial charge in [-0.25, -0.2) is 9.59 Å². The number of amides is 1. The zero-order valence-electron chi connectivity index (χ0n) is 13.9. The third-order valence-electron chi connectivity index (χ3n) is 2.92. The van der Waals surface area contributed by atoms with Gasteiger partial charge in [-0.3, -0.25) is 4.90 Å². The fourth-order valence-corrected chi connectivity index (χ4v) is 2.47. The molecule has 23 heavy (non-hydrogen) atoms. The molecule has 1 amide bonds. The van der Waals surface area contributed by atoms with Crippen molar-refractivity contribution < 1.29 is 19.1 Å². The van der Waals surface area contributed by atoms with Crippen molar-refractivity contribution in [2.45, 2.75) is 32.8 Å². The second-order valence-corrected chi connectivity index (χ2v) is 7.07. The molecule has 0 aliphatic heterocycles. The Balaban J connectivity index is 2.91. The Morgan fingerprint density at radius 2 is 1.87 bits per heavy atom. The summed E-state index contributed by atoms with van der Waals surface area (Å²) in [6.45, 7) is 9.24. The van der Waals surface area contributed by atoms with Crippen molar-refractivity contribution in [3.05, 3.63) is 45.7 Å². The SMILES string of the molecule is C=C(C(=O)OC)N(CCc1ccccc1I)C(=O)OC(C)(C)C. The van der Waals surface area contributed by atoms with Crippen LogP contribution in [0.3, 0.4) is 0 Å². The lowest BCUT2D eigenvalue weighted by Gasteiger charge is -2.27. The van der Waals surface area contributed by atoms with E-state index in [0.717, 1.165) is 9.13 Å². The summed E-state index contributed by atoms with van der Waals surface area (Å²) in [6, 6.07) is 7.85. The summed E-state index contributed by atoms with van der Waals surface area (Å²) >= 11 is 2.24. The second kappa shape index (κ2) is 8.33. The molecule has 5 nitrogen and oxygen atoms in total. The lowest BCUT2D eigenvalue weighted by atomic mass is 10.1. The third kappa shape index (κ3) is 6.21. The number of carbonyl (C=O) groups excluding carboxylic acids is 2. The maximum absolute atomic E-state index is 12.4. The van der Waals surface area contributed by atoms with Crippen LogP contribution < -0.4 is 0 Å². The van der Waals surface area contributed by atoms with E-state index in [9.17, 15) is 9.59 Å². The third-order valence-corrected chi connectivity index (χ3v) is 3.98. The van der Waals surface area contributed by atoms with Gasteiger partial charge in [0.15, 0.2) is 0 Å². The number of esters is 1. The monoisotopic (exact) mass is 431 g/mol. The molecular weight excluding hydrogens is 409 g/mol. The largest absolute Gasteiger partial charge is 0.464 e. The molecule has 0 N–H and O–H groups in total. The summed E-state index contributed by atoms with van der Waals surface area (Å²) in [5, 5.41) is 0. The van der Waals surface area contributed by atoms with Gasteiger partial charge in [-0.1, -0.05) is 24.8 Å². The summed E-state index contributed by atoms with van der Waals surface area (Å²) < 4.78 is 11.1. The number of carbonyl (C=O) groups is 2. The summed E-state index contributed by atoms with van der Waals surface area (Å²) in [6.07, 6.45) is -0.0344. The number of methoxy groups -OCH3 is 1. The number of rotatable bonds is 5. The molecule has 0 aliphatic rings.